The second-order valence-corrected chi connectivity index (χ2v) is 17.6. The van der Waals surface area contributed by atoms with Crippen LogP contribution in [0.2, 0.25) is 0 Å². The first-order chi connectivity index (χ1) is 32.2. The second kappa shape index (κ2) is 16.9. The minimum atomic E-state index is -0.918. The Balaban J connectivity index is 0.673. The van der Waals surface area contributed by atoms with Gasteiger partial charge in [-0.15, -0.1) is 5.10 Å². The summed E-state index contributed by atoms with van der Waals surface area (Å²) in [5.41, 5.74) is 9.43. The van der Waals surface area contributed by atoms with Crippen molar-refractivity contribution in [2.24, 2.45) is 0 Å². The molecule has 1 saturated heterocycles. The van der Waals surface area contributed by atoms with E-state index >= 15 is 0 Å². The summed E-state index contributed by atoms with van der Waals surface area (Å²) < 4.78 is 13.5. The first-order valence-corrected chi connectivity index (χ1v) is 22.1. The summed E-state index contributed by atoms with van der Waals surface area (Å²) in [6, 6.07) is 28.3. The van der Waals surface area contributed by atoms with Crippen molar-refractivity contribution in [3.8, 4) is 22.5 Å². The number of rotatable bonds is 12. The molecule has 0 saturated carbocycles. The van der Waals surface area contributed by atoms with Crippen LogP contribution in [0.15, 0.2) is 128 Å². The lowest BCUT2D eigenvalue weighted by molar-refractivity contribution is -0.0244. The van der Waals surface area contributed by atoms with Gasteiger partial charge in [0.2, 0.25) is 0 Å². The van der Waals surface area contributed by atoms with Crippen LogP contribution < -0.4 is 0 Å². The smallest absolute Gasteiger partial charge is 0.410 e. The third-order valence-electron chi connectivity index (χ3n) is 12.3. The number of ether oxygens (including phenoxy) is 1. The number of carbonyl (C=O) groups is 1. The van der Waals surface area contributed by atoms with Crippen molar-refractivity contribution in [2.75, 3.05) is 13.1 Å². The number of benzene rings is 2. The van der Waals surface area contributed by atoms with Gasteiger partial charge in [0.1, 0.15) is 16.6 Å². The van der Waals surface area contributed by atoms with E-state index < -0.39 is 17.8 Å². The van der Waals surface area contributed by atoms with Crippen LogP contribution >= 0.6 is 0 Å². The third kappa shape index (κ3) is 8.43. The Morgan fingerprint density at radius 1 is 0.758 bits per heavy atom. The van der Waals surface area contributed by atoms with Crippen molar-refractivity contribution in [1.29, 1.82) is 0 Å². The number of carbonyl (C=O) groups excluding carboxylic acids is 1. The van der Waals surface area contributed by atoms with Gasteiger partial charge < -0.3 is 19.3 Å². The molecule has 66 heavy (non-hydrogen) atoms. The van der Waals surface area contributed by atoms with E-state index in [1.165, 1.54) is 0 Å². The molecule has 9 heterocycles. The molecule has 11 rings (SSSR count). The number of nitrogens with zero attached hydrogens (tertiary/aromatic N) is 14. The number of pyridine rings is 4. The zero-order valence-electron chi connectivity index (χ0n) is 36.5. The maximum Gasteiger partial charge on any atom is 0.410 e. The van der Waals surface area contributed by atoms with E-state index in [2.05, 4.69) is 66.8 Å². The zero-order valence-corrected chi connectivity index (χ0v) is 36.5. The van der Waals surface area contributed by atoms with E-state index in [0.717, 1.165) is 85.0 Å². The lowest BCUT2D eigenvalue weighted by atomic mass is 10.0. The molecule has 1 amide bonds. The molecule has 330 valence electrons. The average Bonchev–Trinajstić information content (AvgIpc) is 4.16. The summed E-state index contributed by atoms with van der Waals surface area (Å²) in [7, 11) is 0. The molecule has 17 nitrogen and oxygen atoms in total. The fourth-order valence-corrected chi connectivity index (χ4v) is 8.92. The third-order valence-corrected chi connectivity index (χ3v) is 12.3. The van der Waals surface area contributed by atoms with Crippen LogP contribution in [0.25, 0.3) is 66.6 Å². The topological polar surface area (TPSA) is 185 Å². The molecular weight excluding hydrogens is 833 g/mol. The first kappa shape index (κ1) is 40.8. The molecule has 1 unspecified atom stereocenters. The van der Waals surface area contributed by atoms with Crippen molar-refractivity contribution in [1.82, 2.24) is 68.9 Å². The van der Waals surface area contributed by atoms with E-state index in [1.807, 2.05) is 101 Å². The number of fused-ring (bicyclic) bond motifs is 4. The lowest BCUT2D eigenvalue weighted by Crippen LogP contribution is -2.44. The summed E-state index contributed by atoms with van der Waals surface area (Å²) in [5.74, 6) is 0. The summed E-state index contributed by atoms with van der Waals surface area (Å²) in [6.07, 6.45) is 13.3. The SMILES string of the molecule is CC(C)(CC(O)Cn1cc(-c2ccc3ncn(Cc4ccc5ncccc5c4)c3n2)cn1)OC(=O)N1CCC(n2cc(-c3ccc4nnn(Cc5ccc6ncccc6c5)c4n3)cn2)CC1. The van der Waals surface area contributed by atoms with Crippen molar-refractivity contribution in [3.63, 3.8) is 0 Å². The highest BCUT2D eigenvalue weighted by Gasteiger charge is 2.32. The molecule has 10 aromatic rings. The fraction of sp³-hybridized carbons (Fsp3) is 0.265. The maximum absolute atomic E-state index is 13.4. The Bertz CT molecular complexity index is 3380. The van der Waals surface area contributed by atoms with Gasteiger partial charge in [0.25, 0.3) is 0 Å². The second-order valence-electron chi connectivity index (χ2n) is 17.6. The van der Waals surface area contributed by atoms with Crippen molar-refractivity contribution < 1.29 is 14.6 Å². The van der Waals surface area contributed by atoms with E-state index in [4.69, 9.17) is 19.8 Å². The van der Waals surface area contributed by atoms with Gasteiger partial charge in [0.05, 0.1) is 72.9 Å². The van der Waals surface area contributed by atoms with Crippen LogP contribution in [0.5, 0.6) is 0 Å². The molecule has 0 radical (unpaired) electrons. The van der Waals surface area contributed by atoms with E-state index in [1.54, 1.807) is 28.2 Å². The molecule has 1 atom stereocenters. The molecule has 1 aliphatic rings. The highest BCUT2D eigenvalue weighted by Crippen LogP contribution is 2.29. The fourth-order valence-electron chi connectivity index (χ4n) is 8.92. The Hall–Kier alpha value is -7.92. The largest absolute Gasteiger partial charge is 0.443 e. The molecule has 1 N–H and O–H groups in total. The van der Waals surface area contributed by atoms with Crippen LogP contribution in [-0.4, -0.2) is 105 Å². The molecule has 0 bridgehead atoms. The Kier molecular flexibility index (Phi) is 10.5. The highest BCUT2D eigenvalue weighted by atomic mass is 16.6. The number of hydrogen-bond donors (Lipinski definition) is 1. The average molecular weight is 879 g/mol. The Labute approximate surface area is 378 Å². The predicted molar refractivity (Wildman–Crippen MR) is 248 cm³/mol. The van der Waals surface area contributed by atoms with Crippen molar-refractivity contribution in [3.05, 3.63) is 140 Å². The summed E-state index contributed by atoms with van der Waals surface area (Å²) in [5, 5.41) is 31.3. The van der Waals surface area contributed by atoms with Crippen LogP contribution in [0.1, 0.15) is 50.3 Å². The number of imidazole rings is 1. The number of aliphatic hydroxyl groups is 1. The zero-order chi connectivity index (χ0) is 44.8. The number of aliphatic hydroxyl groups excluding tert-OH is 1. The van der Waals surface area contributed by atoms with Gasteiger partial charge in [-0.05, 0) is 98.5 Å². The van der Waals surface area contributed by atoms with E-state index in [-0.39, 0.29) is 19.0 Å². The van der Waals surface area contributed by atoms with Gasteiger partial charge in [-0.25, -0.2) is 24.4 Å². The van der Waals surface area contributed by atoms with Crippen LogP contribution in [0.3, 0.4) is 0 Å². The summed E-state index contributed by atoms with van der Waals surface area (Å²) in [6.45, 7) is 6.07. The predicted octanol–water partition coefficient (Wildman–Crippen LogP) is 7.49. The molecule has 1 aliphatic heterocycles. The minimum absolute atomic E-state index is 0.113. The lowest BCUT2D eigenvalue weighted by Gasteiger charge is -2.35. The standard InChI is InChI=1S/C49H46N14O3/c1-49(2,23-39(64)30-61-28-36(24-53-61)42-11-13-44-46(55-42)60(31-52-44)26-32-7-9-40-34(21-32)5-3-17-50-40)66-48(65)59-19-15-38(16-20-59)62-29-37(25-54-62)43-12-14-45-47(56-43)63(58-57-45)27-33-8-10-41-35(22-33)6-4-18-51-41/h3-14,17-18,21-22,24-25,28-29,31,38-39,64H,15-16,19-20,23,26-27,30H2,1-2H3. The maximum atomic E-state index is 13.4. The molecule has 0 spiro atoms. The van der Waals surface area contributed by atoms with Gasteiger partial charge in [0, 0.05) is 66.2 Å². The van der Waals surface area contributed by atoms with Gasteiger partial charge in [-0.1, -0.05) is 29.5 Å². The summed E-state index contributed by atoms with van der Waals surface area (Å²) in [4.78, 5) is 38.5. The number of amides is 1. The molecule has 8 aromatic heterocycles. The molecule has 0 aliphatic carbocycles. The van der Waals surface area contributed by atoms with Gasteiger partial charge in [0.15, 0.2) is 11.3 Å². The van der Waals surface area contributed by atoms with E-state index in [0.29, 0.717) is 31.8 Å². The van der Waals surface area contributed by atoms with Gasteiger partial charge >= 0.3 is 6.09 Å². The van der Waals surface area contributed by atoms with E-state index in [9.17, 15) is 9.90 Å². The van der Waals surface area contributed by atoms with Gasteiger partial charge in [-0.3, -0.25) is 19.3 Å². The Morgan fingerprint density at radius 2 is 1.41 bits per heavy atom. The molecular formula is C49H46N14O3. The molecule has 1 fully saturated rings. The van der Waals surface area contributed by atoms with Crippen molar-refractivity contribution >= 4 is 50.2 Å². The summed E-state index contributed by atoms with van der Waals surface area (Å²) >= 11 is 0. The monoisotopic (exact) mass is 878 g/mol. The minimum Gasteiger partial charge on any atom is -0.443 e. The van der Waals surface area contributed by atoms with Gasteiger partial charge in [-0.2, -0.15) is 10.2 Å². The molecule has 2 aromatic carbocycles. The van der Waals surface area contributed by atoms with Crippen LogP contribution in [0, 0.1) is 0 Å². The quantitative estimate of drug-likeness (QED) is 0.128. The molecule has 17 heteroatoms. The number of piperidine rings is 1. The highest BCUT2D eigenvalue weighted by molar-refractivity contribution is 5.80. The number of hydrogen-bond acceptors (Lipinski definition) is 12. The number of likely N-dealkylation sites (tertiary alicyclic amines) is 1. The number of aromatic nitrogens is 13. The Morgan fingerprint density at radius 3 is 2.15 bits per heavy atom. The van der Waals surface area contributed by atoms with Crippen molar-refractivity contribution in [2.45, 2.75) is 70.5 Å². The van der Waals surface area contributed by atoms with Crippen LogP contribution in [0.4, 0.5) is 4.79 Å². The van der Waals surface area contributed by atoms with Crippen LogP contribution in [-0.2, 0) is 24.4 Å². The first-order valence-electron chi connectivity index (χ1n) is 22.1. The normalized spacial score (nSPS) is 14.2.